The molecule has 4 nitrogen and oxygen atoms in total. The van der Waals surface area contributed by atoms with Crippen LogP contribution in [0.15, 0.2) is 18.2 Å². The van der Waals surface area contributed by atoms with Gasteiger partial charge in [0.2, 0.25) is 0 Å². The first kappa shape index (κ1) is 15.2. The van der Waals surface area contributed by atoms with Gasteiger partial charge in [-0.1, -0.05) is 17.7 Å². The highest BCUT2D eigenvalue weighted by Gasteiger charge is 2.17. The molecule has 0 aromatic heterocycles. The molecule has 0 saturated carbocycles. The predicted octanol–water partition coefficient (Wildman–Crippen LogP) is 2.31. The Morgan fingerprint density at radius 3 is 2.68 bits per heavy atom. The lowest BCUT2D eigenvalue weighted by molar-refractivity contribution is 0.0699. The van der Waals surface area contributed by atoms with Crippen molar-refractivity contribution in [2.75, 3.05) is 26.8 Å². The zero-order chi connectivity index (χ0) is 14.3. The number of rotatable bonds is 6. The number of nitrogens with zero attached hydrogens (tertiary/aromatic N) is 2. The summed E-state index contributed by atoms with van der Waals surface area (Å²) < 4.78 is 5.01. The van der Waals surface area contributed by atoms with Gasteiger partial charge in [0, 0.05) is 25.8 Å². The van der Waals surface area contributed by atoms with Crippen molar-refractivity contribution in [3.8, 4) is 6.07 Å². The van der Waals surface area contributed by atoms with Gasteiger partial charge in [0.15, 0.2) is 0 Å². The van der Waals surface area contributed by atoms with Gasteiger partial charge in [0.25, 0.3) is 5.91 Å². The summed E-state index contributed by atoms with van der Waals surface area (Å²) in [5.41, 5.74) is 2.79. The number of carbonyl (C=O) groups excluding carboxylic acids is 1. The Morgan fingerprint density at radius 1 is 1.37 bits per heavy atom. The van der Waals surface area contributed by atoms with Gasteiger partial charge < -0.3 is 9.64 Å². The highest BCUT2D eigenvalue weighted by Crippen LogP contribution is 2.13. The molecule has 0 spiro atoms. The number of benzene rings is 1. The molecule has 0 aliphatic heterocycles. The van der Waals surface area contributed by atoms with Crippen LogP contribution in [0.5, 0.6) is 0 Å². The van der Waals surface area contributed by atoms with E-state index < -0.39 is 0 Å². The average molecular weight is 260 g/mol. The fraction of sp³-hybridized carbons (Fsp3) is 0.467. The Hall–Kier alpha value is -1.86. The minimum Gasteiger partial charge on any atom is -0.383 e. The molecular formula is C15H20N2O2. The van der Waals surface area contributed by atoms with Crippen LogP contribution in [0.1, 0.15) is 27.9 Å². The van der Waals surface area contributed by atoms with Crippen LogP contribution in [-0.4, -0.2) is 37.6 Å². The molecule has 1 aromatic rings. The minimum atomic E-state index is -0.0372. The molecule has 0 atom stereocenters. The van der Waals surface area contributed by atoms with Gasteiger partial charge in [-0.15, -0.1) is 0 Å². The number of hydrogen-bond donors (Lipinski definition) is 0. The smallest absolute Gasteiger partial charge is 0.254 e. The van der Waals surface area contributed by atoms with E-state index in [2.05, 4.69) is 6.07 Å². The van der Waals surface area contributed by atoms with E-state index >= 15 is 0 Å². The van der Waals surface area contributed by atoms with Crippen LogP contribution in [-0.2, 0) is 4.74 Å². The molecule has 0 aliphatic rings. The van der Waals surface area contributed by atoms with E-state index in [0.29, 0.717) is 31.7 Å². The number of ether oxygens (including phenoxy) is 1. The van der Waals surface area contributed by atoms with Gasteiger partial charge in [-0.3, -0.25) is 4.79 Å². The van der Waals surface area contributed by atoms with Gasteiger partial charge in [-0.25, -0.2) is 0 Å². The van der Waals surface area contributed by atoms with Gasteiger partial charge in [0.1, 0.15) is 0 Å². The molecule has 0 saturated heterocycles. The van der Waals surface area contributed by atoms with Crippen molar-refractivity contribution in [1.29, 1.82) is 5.26 Å². The number of nitriles is 1. The van der Waals surface area contributed by atoms with Crippen molar-refractivity contribution < 1.29 is 9.53 Å². The third-order valence-electron chi connectivity index (χ3n) is 2.96. The maximum absolute atomic E-state index is 12.4. The van der Waals surface area contributed by atoms with Crippen molar-refractivity contribution in [3.05, 3.63) is 34.9 Å². The fourth-order valence-corrected chi connectivity index (χ4v) is 1.93. The molecular weight excluding hydrogens is 240 g/mol. The maximum Gasteiger partial charge on any atom is 0.254 e. The summed E-state index contributed by atoms with van der Waals surface area (Å²) in [5.74, 6) is -0.0372. The lowest BCUT2D eigenvalue weighted by Gasteiger charge is -2.22. The summed E-state index contributed by atoms with van der Waals surface area (Å²) in [7, 11) is 1.60. The van der Waals surface area contributed by atoms with Crippen molar-refractivity contribution in [2.24, 2.45) is 0 Å². The second kappa shape index (κ2) is 7.55. The summed E-state index contributed by atoms with van der Waals surface area (Å²) in [6.45, 7) is 5.34. The van der Waals surface area contributed by atoms with Gasteiger partial charge in [-0.05, 0) is 25.5 Å². The van der Waals surface area contributed by atoms with E-state index in [1.165, 1.54) is 0 Å². The third kappa shape index (κ3) is 4.38. The monoisotopic (exact) mass is 260 g/mol. The fourth-order valence-electron chi connectivity index (χ4n) is 1.93. The highest BCUT2D eigenvalue weighted by atomic mass is 16.5. The van der Waals surface area contributed by atoms with Gasteiger partial charge in [0.05, 0.1) is 19.1 Å². The standard InChI is InChI=1S/C15H20N2O2/c1-12-5-6-14(13(2)11-12)15(18)17(8-4-7-16)9-10-19-3/h5-6,11H,4,8-10H2,1-3H3. The zero-order valence-corrected chi connectivity index (χ0v) is 11.8. The van der Waals surface area contributed by atoms with Crippen LogP contribution >= 0.6 is 0 Å². The van der Waals surface area contributed by atoms with Crippen molar-refractivity contribution in [3.63, 3.8) is 0 Å². The second-order valence-corrected chi connectivity index (χ2v) is 4.51. The van der Waals surface area contributed by atoms with Gasteiger partial charge >= 0.3 is 0 Å². The number of carbonyl (C=O) groups is 1. The van der Waals surface area contributed by atoms with E-state index in [4.69, 9.17) is 10.00 Å². The topological polar surface area (TPSA) is 53.3 Å². The molecule has 0 unspecified atom stereocenters. The number of hydrogen-bond acceptors (Lipinski definition) is 3. The van der Waals surface area contributed by atoms with E-state index in [1.54, 1.807) is 12.0 Å². The van der Waals surface area contributed by atoms with Crippen LogP contribution in [0.2, 0.25) is 0 Å². The van der Waals surface area contributed by atoms with Crippen LogP contribution in [0.4, 0.5) is 0 Å². The average Bonchev–Trinajstić information content (AvgIpc) is 2.38. The second-order valence-electron chi connectivity index (χ2n) is 4.51. The molecule has 0 bridgehead atoms. The molecule has 0 N–H and O–H groups in total. The molecule has 0 heterocycles. The summed E-state index contributed by atoms with van der Waals surface area (Å²) in [6.07, 6.45) is 0.334. The van der Waals surface area contributed by atoms with Crippen LogP contribution in [0.3, 0.4) is 0 Å². The van der Waals surface area contributed by atoms with E-state index in [1.807, 2.05) is 32.0 Å². The number of amides is 1. The normalized spacial score (nSPS) is 10.0. The predicted molar refractivity (Wildman–Crippen MR) is 73.9 cm³/mol. The quantitative estimate of drug-likeness (QED) is 0.788. The number of methoxy groups -OCH3 is 1. The lowest BCUT2D eigenvalue weighted by atomic mass is 10.0. The van der Waals surface area contributed by atoms with E-state index in [0.717, 1.165) is 11.1 Å². The zero-order valence-electron chi connectivity index (χ0n) is 11.8. The highest BCUT2D eigenvalue weighted by molar-refractivity contribution is 5.95. The summed E-state index contributed by atoms with van der Waals surface area (Å²) >= 11 is 0. The van der Waals surface area contributed by atoms with E-state index in [9.17, 15) is 4.79 Å². The SMILES string of the molecule is COCCN(CCC#N)C(=O)c1ccc(C)cc1C. The largest absolute Gasteiger partial charge is 0.383 e. The first-order valence-electron chi connectivity index (χ1n) is 6.32. The minimum absolute atomic E-state index is 0.0372. The summed E-state index contributed by atoms with van der Waals surface area (Å²) in [6, 6.07) is 7.84. The Kier molecular flexibility index (Phi) is 6.04. The molecule has 102 valence electrons. The van der Waals surface area contributed by atoms with Crippen LogP contribution < -0.4 is 0 Å². The molecule has 0 aliphatic carbocycles. The molecule has 1 amide bonds. The Labute approximate surface area is 114 Å². The lowest BCUT2D eigenvalue weighted by Crippen LogP contribution is -2.35. The molecule has 1 rings (SSSR count). The first-order valence-corrected chi connectivity index (χ1v) is 6.32. The van der Waals surface area contributed by atoms with E-state index in [-0.39, 0.29) is 5.91 Å². The number of aryl methyl sites for hydroxylation is 2. The third-order valence-corrected chi connectivity index (χ3v) is 2.96. The Balaban J connectivity index is 2.88. The summed E-state index contributed by atoms with van der Waals surface area (Å²) in [5, 5.41) is 8.66. The molecule has 0 fully saturated rings. The molecule has 0 radical (unpaired) electrons. The Morgan fingerprint density at radius 2 is 2.11 bits per heavy atom. The first-order chi connectivity index (χ1) is 9.10. The van der Waals surface area contributed by atoms with Crippen LogP contribution in [0, 0.1) is 25.2 Å². The summed E-state index contributed by atoms with van der Waals surface area (Å²) in [4.78, 5) is 14.1. The maximum atomic E-state index is 12.4. The van der Waals surface area contributed by atoms with Crippen molar-refractivity contribution in [1.82, 2.24) is 4.90 Å². The van der Waals surface area contributed by atoms with Crippen LogP contribution in [0.25, 0.3) is 0 Å². The molecule has 4 heteroatoms. The molecule has 19 heavy (non-hydrogen) atoms. The van der Waals surface area contributed by atoms with Crippen molar-refractivity contribution >= 4 is 5.91 Å². The Bertz CT molecular complexity index is 478. The van der Waals surface area contributed by atoms with Crippen molar-refractivity contribution in [2.45, 2.75) is 20.3 Å². The van der Waals surface area contributed by atoms with Gasteiger partial charge in [-0.2, -0.15) is 5.26 Å². The molecule has 1 aromatic carbocycles.